The number of aromatic nitrogens is 2. The third kappa shape index (κ3) is 3.76. The largest absolute Gasteiger partial charge is 0.249 e. The van der Waals surface area contributed by atoms with Crippen molar-refractivity contribution in [1.82, 2.24) is 4.57 Å². The first-order valence-electron chi connectivity index (χ1n) is 8.79. The molecule has 0 radical (unpaired) electrons. The van der Waals surface area contributed by atoms with Gasteiger partial charge in [0.1, 0.15) is 24.6 Å². The molecule has 2 heteroatoms. The molecule has 3 rings (SSSR count). The lowest BCUT2D eigenvalue weighted by atomic mass is 10.0. The average Bonchev–Trinajstić information content (AvgIpc) is 3.04. The lowest BCUT2D eigenvalue weighted by molar-refractivity contribution is -0.687. The van der Waals surface area contributed by atoms with Crippen molar-refractivity contribution in [2.45, 2.75) is 46.1 Å². The minimum absolute atomic E-state index is 0.572. The monoisotopic (exact) mass is 319 g/mol. The van der Waals surface area contributed by atoms with Crippen molar-refractivity contribution in [1.29, 1.82) is 0 Å². The third-order valence-corrected chi connectivity index (χ3v) is 4.56. The van der Waals surface area contributed by atoms with Crippen LogP contribution in [0.1, 0.15) is 56.2 Å². The van der Waals surface area contributed by atoms with Gasteiger partial charge in [-0.1, -0.05) is 64.1 Å². The highest BCUT2D eigenvalue weighted by Gasteiger charge is 2.08. The van der Waals surface area contributed by atoms with Gasteiger partial charge >= 0.3 is 0 Å². The molecule has 0 unspecified atom stereocenters. The van der Waals surface area contributed by atoms with Gasteiger partial charge < -0.3 is 0 Å². The highest BCUT2D eigenvalue weighted by atomic mass is 15.1. The van der Waals surface area contributed by atoms with Gasteiger partial charge in [-0.25, -0.2) is 9.13 Å². The summed E-state index contributed by atoms with van der Waals surface area (Å²) in [5.41, 5.74) is 5.31. The van der Waals surface area contributed by atoms with Crippen molar-refractivity contribution in [3.8, 4) is 5.69 Å². The zero-order valence-corrected chi connectivity index (χ0v) is 15.1. The fourth-order valence-electron chi connectivity index (χ4n) is 2.89. The van der Waals surface area contributed by atoms with Crippen molar-refractivity contribution in [2.75, 3.05) is 0 Å². The zero-order valence-electron chi connectivity index (χ0n) is 15.1. The minimum atomic E-state index is 0.572. The number of hydrogen-bond acceptors (Lipinski definition) is 0. The van der Waals surface area contributed by atoms with Crippen LogP contribution in [0.15, 0.2) is 67.3 Å². The van der Waals surface area contributed by atoms with Crippen LogP contribution in [0.25, 0.3) is 5.69 Å². The van der Waals surface area contributed by atoms with Gasteiger partial charge in [0, 0.05) is 0 Å². The molecule has 0 amide bonds. The van der Waals surface area contributed by atoms with Crippen LogP contribution < -0.4 is 4.57 Å². The van der Waals surface area contributed by atoms with Crippen molar-refractivity contribution < 1.29 is 4.57 Å². The molecule has 3 aromatic rings. The van der Waals surface area contributed by atoms with Gasteiger partial charge in [0.15, 0.2) is 0 Å². The highest BCUT2D eigenvalue weighted by molar-refractivity contribution is 5.35. The Kier molecular flexibility index (Phi) is 4.84. The fourth-order valence-corrected chi connectivity index (χ4v) is 2.89. The van der Waals surface area contributed by atoms with Gasteiger partial charge in [-0.2, -0.15) is 0 Å². The molecule has 0 atom stereocenters. The summed E-state index contributed by atoms with van der Waals surface area (Å²) in [6.45, 7) is 9.81. The molecule has 124 valence electrons. The van der Waals surface area contributed by atoms with Crippen molar-refractivity contribution >= 4 is 0 Å². The zero-order chi connectivity index (χ0) is 17.1. The topological polar surface area (TPSA) is 8.81 Å². The molecule has 0 spiro atoms. The van der Waals surface area contributed by atoms with E-state index >= 15 is 0 Å². The average molecular weight is 319 g/mol. The number of benzene rings is 2. The second kappa shape index (κ2) is 7.04. The molecule has 0 aliphatic rings. The van der Waals surface area contributed by atoms with Gasteiger partial charge in [0.05, 0.1) is 0 Å². The molecule has 2 aromatic carbocycles. The summed E-state index contributed by atoms with van der Waals surface area (Å²) in [6.07, 6.45) is 6.40. The van der Waals surface area contributed by atoms with Crippen molar-refractivity contribution in [2.24, 2.45) is 0 Å². The Morgan fingerprint density at radius 3 is 1.88 bits per heavy atom. The molecule has 0 bridgehead atoms. The molecule has 24 heavy (non-hydrogen) atoms. The van der Waals surface area contributed by atoms with Crippen LogP contribution in [0.3, 0.4) is 0 Å². The smallest absolute Gasteiger partial charge is 0.232 e. The molecule has 1 heterocycles. The third-order valence-electron chi connectivity index (χ3n) is 4.56. The molecule has 0 aliphatic heterocycles. The quantitative estimate of drug-likeness (QED) is 0.581. The van der Waals surface area contributed by atoms with Crippen LogP contribution in [-0.2, 0) is 6.54 Å². The van der Waals surface area contributed by atoms with Crippen LogP contribution in [0.2, 0.25) is 0 Å². The Morgan fingerprint density at radius 2 is 1.33 bits per heavy atom. The Balaban J connectivity index is 1.73. The SMILES string of the molecule is CC(C)c1ccc(C[n+]2ccn(-c3ccc(C(C)C)cc3)c2)cc1. The molecule has 1 aromatic heterocycles. The summed E-state index contributed by atoms with van der Waals surface area (Å²) >= 11 is 0. The summed E-state index contributed by atoms with van der Waals surface area (Å²) in [5.74, 6) is 1.16. The van der Waals surface area contributed by atoms with Crippen LogP contribution in [-0.4, -0.2) is 4.57 Å². The van der Waals surface area contributed by atoms with E-state index in [0.29, 0.717) is 11.8 Å². The molecular weight excluding hydrogens is 292 g/mol. The minimum Gasteiger partial charge on any atom is -0.232 e. The van der Waals surface area contributed by atoms with E-state index in [2.05, 4.69) is 104 Å². The van der Waals surface area contributed by atoms with Crippen molar-refractivity contribution in [3.63, 3.8) is 0 Å². The molecule has 0 aliphatic carbocycles. The van der Waals surface area contributed by atoms with E-state index in [4.69, 9.17) is 0 Å². The van der Waals surface area contributed by atoms with Crippen molar-refractivity contribution in [3.05, 3.63) is 83.9 Å². The van der Waals surface area contributed by atoms with E-state index in [1.165, 1.54) is 22.4 Å². The van der Waals surface area contributed by atoms with E-state index in [9.17, 15) is 0 Å². The second-order valence-corrected chi connectivity index (χ2v) is 7.14. The normalized spacial score (nSPS) is 11.4. The summed E-state index contributed by atoms with van der Waals surface area (Å²) in [7, 11) is 0. The maximum atomic E-state index is 2.24. The van der Waals surface area contributed by atoms with Gasteiger partial charge in [-0.3, -0.25) is 0 Å². The molecule has 0 saturated heterocycles. The second-order valence-electron chi connectivity index (χ2n) is 7.14. The molecular formula is C22H27N2+. The predicted octanol–water partition coefficient (Wildman–Crippen LogP) is 5.06. The van der Waals surface area contributed by atoms with Gasteiger partial charge in [-0.15, -0.1) is 0 Å². The van der Waals surface area contributed by atoms with E-state index in [1.807, 2.05) is 0 Å². The number of rotatable bonds is 5. The van der Waals surface area contributed by atoms with Crippen LogP contribution in [0.4, 0.5) is 0 Å². The van der Waals surface area contributed by atoms with Gasteiger partial charge in [0.2, 0.25) is 6.33 Å². The Hall–Kier alpha value is -2.35. The van der Waals surface area contributed by atoms with E-state index in [0.717, 1.165) is 6.54 Å². The number of nitrogens with zero attached hydrogens (tertiary/aromatic N) is 2. The van der Waals surface area contributed by atoms with Crippen LogP contribution in [0, 0.1) is 0 Å². The predicted molar refractivity (Wildman–Crippen MR) is 99.7 cm³/mol. The number of imidazole rings is 1. The fraction of sp³-hybridized carbons (Fsp3) is 0.318. The molecule has 0 N–H and O–H groups in total. The number of hydrogen-bond donors (Lipinski definition) is 0. The van der Waals surface area contributed by atoms with Crippen LogP contribution in [0.5, 0.6) is 0 Å². The van der Waals surface area contributed by atoms with Gasteiger partial charge in [-0.05, 0) is 40.7 Å². The van der Waals surface area contributed by atoms with E-state index in [1.54, 1.807) is 0 Å². The summed E-state index contributed by atoms with van der Waals surface area (Å²) < 4.78 is 4.40. The summed E-state index contributed by atoms with van der Waals surface area (Å²) in [4.78, 5) is 0. The first kappa shape index (κ1) is 16.5. The first-order valence-corrected chi connectivity index (χ1v) is 8.79. The molecule has 0 fully saturated rings. The van der Waals surface area contributed by atoms with Gasteiger partial charge in [0.25, 0.3) is 0 Å². The molecule has 2 nitrogen and oxygen atoms in total. The lowest BCUT2D eigenvalue weighted by Gasteiger charge is -2.06. The highest BCUT2D eigenvalue weighted by Crippen LogP contribution is 2.17. The summed E-state index contributed by atoms with van der Waals surface area (Å²) in [6, 6.07) is 17.8. The lowest BCUT2D eigenvalue weighted by Crippen LogP contribution is -2.31. The van der Waals surface area contributed by atoms with Crippen LogP contribution >= 0.6 is 0 Å². The maximum absolute atomic E-state index is 2.24. The Bertz CT molecular complexity index is 778. The van der Waals surface area contributed by atoms with E-state index < -0.39 is 0 Å². The standard InChI is InChI=1S/C22H27N2/c1-17(2)20-7-5-19(6-8-20)15-23-13-14-24(16-23)22-11-9-21(10-12-22)18(3)4/h5-14,16-18H,15H2,1-4H3/q+1. The first-order chi connectivity index (χ1) is 11.5. The van der Waals surface area contributed by atoms with E-state index in [-0.39, 0.29) is 0 Å². The Labute approximate surface area is 145 Å². The summed E-state index contributed by atoms with van der Waals surface area (Å²) in [5, 5.41) is 0. The Morgan fingerprint density at radius 1 is 0.792 bits per heavy atom. The maximum Gasteiger partial charge on any atom is 0.249 e. The molecule has 0 saturated carbocycles.